The molecule has 2 aromatic carbocycles. The van der Waals surface area contributed by atoms with Gasteiger partial charge in [-0.05, 0) is 35.4 Å². The number of hydrogen-bond donors (Lipinski definition) is 0. The Morgan fingerprint density at radius 3 is 2.42 bits per heavy atom. The molecular weight excluding hydrogens is 352 g/mol. The lowest BCUT2D eigenvalue weighted by atomic mass is 9.94. The maximum absolute atomic E-state index is 13.2. The van der Waals surface area contributed by atoms with Crippen molar-refractivity contribution in [3.63, 3.8) is 0 Å². The zero-order valence-electron chi connectivity index (χ0n) is 13.2. The SMILES string of the molecule is N#CCN1C(=O)O[C@@H](c2cccc(C(F)(F)F)c2)[C@H]1c1ccc(F)cc1. The van der Waals surface area contributed by atoms with Gasteiger partial charge in [0, 0.05) is 0 Å². The molecule has 1 aliphatic rings. The molecule has 0 radical (unpaired) electrons. The van der Waals surface area contributed by atoms with Gasteiger partial charge in [0.05, 0.1) is 11.6 Å². The number of nitriles is 1. The lowest BCUT2D eigenvalue weighted by Gasteiger charge is -2.23. The molecular formula is C18H12F4N2O2. The topological polar surface area (TPSA) is 53.3 Å². The number of carbonyl (C=O) groups excluding carboxylic acids is 1. The van der Waals surface area contributed by atoms with Crippen LogP contribution in [0.15, 0.2) is 48.5 Å². The van der Waals surface area contributed by atoms with Gasteiger partial charge < -0.3 is 4.74 Å². The van der Waals surface area contributed by atoms with E-state index in [0.29, 0.717) is 5.56 Å². The number of carbonyl (C=O) groups is 1. The predicted molar refractivity (Wildman–Crippen MR) is 82.1 cm³/mol. The van der Waals surface area contributed by atoms with Gasteiger partial charge in [0.25, 0.3) is 0 Å². The number of hydrogen-bond acceptors (Lipinski definition) is 3. The Morgan fingerprint density at radius 1 is 1.12 bits per heavy atom. The highest BCUT2D eigenvalue weighted by atomic mass is 19.4. The Morgan fingerprint density at radius 2 is 1.81 bits per heavy atom. The molecule has 0 aromatic heterocycles. The molecule has 0 unspecified atom stereocenters. The molecule has 2 aromatic rings. The molecule has 26 heavy (non-hydrogen) atoms. The minimum Gasteiger partial charge on any atom is -0.439 e. The first-order valence-electron chi connectivity index (χ1n) is 7.58. The van der Waals surface area contributed by atoms with Crippen molar-refractivity contribution in [3.8, 4) is 6.07 Å². The van der Waals surface area contributed by atoms with E-state index in [1.54, 1.807) is 0 Å². The summed E-state index contributed by atoms with van der Waals surface area (Å²) >= 11 is 0. The fourth-order valence-electron chi connectivity index (χ4n) is 2.91. The van der Waals surface area contributed by atoms with Crippen molar-refractivity contribution in [1.82, 2.24) is 4.90 Å². The van der Waals surface area contributed by atoms with E-state index in [4.69, 9.17) is 10.00 Å². The minimum absolute atomic E-state index is 0.142. The molecule has 1 amide bonds. The van der Waals surface area contributed by atoms with E-state index in [1.165, 1.54) is 36.4 Å². The number of alkyl halides is 3. The number of amides is 1. The third-order valence-electron chi connectivity index (χ3n) is 4.08. The molecule has 134 valence electrons. The first kappa shape index (κ1) is 17.7. The summed E-state index contributed by atoms with van der Waals surface area (Å²) in [5.41, 5.74) is -0.277. The Labute approximate surface area is 146 Å². The largest absolute Gasteiger partial charge is 0.439 e. The van der Waals surface area contributed by atoms with Gasteiger partial charge >= 0.3 is 12.3 Å². The lowest BCUT2D eigenvalue weighted by molar-refractivity contribution is -0.137. The summed E-state index contributed by atoms with van der Waals surface area (Å²) in [4.78, 5) is 13.2. The van der Waals surface area contributed by atoms with Gasteiger partial charge in [-0.2, -0.15) is 18.4 Å². The lowest BCUT2D eigenvalue weighted by Crippen LogP contribution is -2.28. The van der Waals surface area contributed by atoms with Crippen LogP contribution in [0, 0.1) is 17.1 Å². The molecule has 0 bridgehead atoms. The molecule has 4 nitrogen and oxygen atoms in total. The smallest absolute Gasteiger partial charge is 0.416 e. The van der Waals surface area contributed by atoms with Crippen LogP contribution in [-0.2, 0) is 10.9 Å². The number of ether oxygens (including phenoxy) is 1. The summed E-state index contributed by atoms with van der Waals surface area (Å²) in [6, 6.07) is 10.6. The maximum atomic E-state index is 13.2. The number of halogens is 4. The summed E-state index contributed by atoms with van der Waals surface area (Å²) < 4.78 is 57.4. The van der Waals surface area contributed by atoms with Crippen LogP contribution in [0.4, 0.5) is 22.4 Å². The van der Waals surface area contributed by atoms with E-state index in [-0.39, 0.29) is 12.1 Å². The summed E-state index contributed by atoms with van der Waals surface area (Å²) in [5.74, 6) is -0.499. The fourth-order valence-corrected chi connectivity index (χ4v) is 2.91. The highest BCUT2D eigenvalue weighted by Gasteiger charge is 2.44. The first-order chi connectivity index (χ1) is 12.3. The van der Waals surface area contributed by atoms with Crippen LogP contribution >= 0.6 is 0 Å². The molecule has 0 aliphatic carbocycles. The minimum atomic E-state index is -4.55. The second-order valence-electron chi connectivity index (χ2n) is 5.71. The van der Waals surface area contributed by atoms with Gasteiger partial charge in [-0.3, -0.25) is 4.90 Å². The molecule has 3 rings (SSSR count). The second-order valence-corrected chi connectivity index (χ2v) is 5.71. The van der Waals surface area contributed by atoms with Crippen LogP contribution in [0.2, 0.25) is 0 Å². The number of nitrogens with zero attached hydrogens (tertiary/aromatic N) is 2. The van der Waals surface area contributed by atoms with E-state index in [0.717, 1.165) is 17.0 Å². The fraction of sp³-hybridized carbons (Fsp3) is 0.222. The van der Waals surface area contributed by atoms with Crippen molar-refractivity contribution in [1.29, 1.82) is 5.26 Å². The van der Waals surface area contributed by atoms with Crippen LogP contribution in [0.25, 0.3) is 0 Å². The van der Waals surface area contributed by atoms with Crippen molar-refractivity contribution in [2.45, 2.75) is 18.3 Å². The van der Waals surface area contributed by atoms with Gasteiger partial charge in [-0.25, -0.2) is 9.18 Å². The van der Waals surface area contributed by atoms with Crippen LogP contribution in [0.1, 0.15) is 28.8 Å². The van der Waals surface area contributed by atoms with Crippen LogP contribution < -0.4 is 0 Å². The average Bonchev–Trinajstić information content (AvgIpc) is 2.92. The third-order valence-corrected chi connectivity index (χ3v) is 4.08. The van der Waals surface area contributed by atoms with Gasteiger partial charge in [-0.1, -0.05) is 24.3 Å². The Kier molecular flexibility index (Phi) is 4.55. The molecule has 0 N–H and O–H groups in total. The van der Waals surface area contributed by atoms with Crippen LogP contribution in [0.5, 0.6) is 0 Å². The normalized spacial score (nSPS) is 20.0. The third kappa shape index (κ3) is 3.33. The number of rotatable bonds is 3. The summed E-state index contributed by atoms with van der Waals surface area (Å²) in [7, 11) is 0. The molecule has 1 heterocycles. The van der Waals surface area contributed by atoms with Crippen molar-refractivity contribution < 1.29 is 27.1 Å². The molecule has 2 atom stereocenters. The standard InChI is InChI=1S/C18H12F4N2O2/c19-14-6-4-11(5-7-14)15-16(26-17(25)24(15)9-8-23)12-2-1-3-13(10-12)18(20,21)22/h1-7,10,15-16H,9H2/t15-,16+/m1/s1. The second kappa shape index (κ2) is 6.67. The van der Waals surface area contributed by atoms with Crippen molar-refractivity contribution >= 4 is 6.09 Å². The first-order valence-corrected chi connectivity index (χ1v) is 7.58. The quantitative estimate of drug-likeness (QED) is 0.591. The van der Waals surface area contributed by atoms with Crippen molar-refractivity contribution in [2.75, 3.05) is 6.54 Å². The van der Waals surface area contributed by atoms with E-state index < -0.39 is 35.8 Å². The van der Waals surface area contributed by atoms with Crippen LogP contribution in [0.3, 0.4) is 0 Å². The molecule has 0 saturated carbocycles. The van der Waals surface area contributed by atoms with Crippen LogP contribution in [-0.4, -0.2) is 17.5 Å². The van der Waals surface area contributed by atoms with E-state index in [9.17, 15) is 22.4 Å². The summed E-state index contributed by atoms with van der Waals surface area (Å²) in [5, 5.41) is 8.95. The van der Waals surface area contributed by atoms with Crippen molar-refractivity contribution in [2.24, 2.45) is 0 Å². The number of benzene rings is 2. The Balaban J connectivity index is 2.06. The monoisotopic (exact) mass is 364 g/mol. The van der Waals surface area contributed by atoms with Crippen molar-refractivity contribution in [3.05, 3.63) is 71.0 Å². The highest BCUT2D eigenvalue weighted by Crippen LogP contribution is 2.43. The van der Waals surface area contributed by atoms with E-state index in [1.807, 2.05) is 6.07 Å². The Hall–Kier alpha value is -3.08. The van der Waals surface area contributed by atoms with E-state index in [2.05, 4.69) is 0 Å². The summed E-state index contributed by atoms with van der Waals surface area (Å²) in [6.07, 6.45) is -6.41. The summed E-state index contributed by atoms with van der Waals surface area (Å²) in [6.45, 7) is -0.309. The van der Waals surface area contributed by atoms with Gasteiger partial charge in [0.2, 0.25) is 0 Å². The van der Waals surface area contributed by atoms with Gasteiger partial charge in [-0.15, -0.1) is 0 Å². The Bertz CT molecular complexity index is 859. The highest BCUT2D eigenvalue weighted by molar-refractivity contribution is 5.72. The predicted octanol–water partition coefficient (Wildman–Crippen LogP) is 4.60. The zero-order valence-corrected chi connectivity index (χ0v) is 13.2. The molecule has 1 fully saturated rings. The van der Waals surface area contributed by atoms with Gasteiger partial charge in [0.15, 0.2) is 6.10 Å². The van der Waals surface area contributed by atoms with Gasteiger partial charge in [0.1, 0.15) is 18.4 Å². The maximum Gasteiger partial charge on any atom is 0.416 e. The molecule has 1 aliphatic heterocycles. The molecule has 8 heteroatoms. The number of cyclic esters (lactones) is 1. The average molecular weight is 364 g/mol. The zero-order chi connectivity index (χ0) is 18.9. The van der Waals surface area contributed by atoms with E-state index >= 15 is 0 Å². The molecule has 1 saturated heterocycles. The molecule has 0 spiro atoms.